The molecule has 1 saturated heterocycles. The van der Waals surface area contributed by atoms with Crippen LogP contribution in [0.2, 0.25) is 0 Å². The minimum absolute atomic E-state index is 0.0206. The summed E-state index contributed by atoms with van der Waals surface area (Å²) < 4.78 is 7.15. The van der Waals surface area contributed by atoms with E-state index in [1.807, 2.05) is 55.5 Å². The maximum Gasteiger partial charge on any atom is 0.238 e. The number of rotatable bonds is 9. The van der Waals surface area contributed by atoms with Gasteiger partial charge in [-0.2, -0.15) is 0 Å². The lowest BCUT2D eigenvalue weighted by Gasteiger charge is -2.35. The van der Waals surface area contributed by atoms with Gasteiger partial charge in [0, 0.05) is 50.4 Å². The van der Waals surface area contributed by atoms with Crippen LogP contribution < -0.4 is 10.1 Å². The van der Waals surface area contributed by atoms with Gasteiger partial charge in [-0.05, 0) is 49.9 Å². The van der Waals surface area contributed by atoms with E-state index in [4.69, 9.17) is 9.72 Å². The lowest BCUT2D eigenvalue weighted by molar-refractivity contribution is -0.117. The molecular weight excluding hydrogens is 496 g/mol. The molecule has 204 valence electrons. The Morgan fingerprint density at radius 3 is 2.53 bits per heavy atom. The number of para-hydroxylation sites is 1. The van der Waals surface area contributed by atoms with Gasteiger partial charge < -0.3 is 15.2 Å². The van der Waals surface area contributed by atoms with Crippen LogP contribution in [0.5, 0.6) is 5.75 Å². The Morgan fingerprint density at radius 1 is 1.08 bits per heavy atom. The van der Waals surface area contributed by atoms with E-state index in [0.29, 0.717) is 19.0 Å². The summed E-state index contributed by atoms with van der Waals surface area (Å²) in [7, 11) is 0. The topological polar surface area (TPSA) is 77.9 Å². The summed E-state index contributed by atoms with van der Waals surface area (Å²) in [6.07, 6.45) is 5.91. The number of benzene rings is 2. The van der Waals surface area contributed by atoms with Crippen molar-refractivity contribution < 1.29 is 14.6 Å². The lowest BCUT2D eigenvalue weighted by Crippen LogP contribution is -2.50. The zero-order valence-corrected chi connectivity index (χ0v) is 23.4. The van der Waals surface area contributed by atoms with E-state index < -0.39 is 6.10 Å². The summed E-state index contributed by atoms with van der Waals surface area (Å²) in [5.41, 5.74) is 4.07. The molecule has 2 aromatic carbocycles. The first-order valence-electron chi connectivity index (χ1n) is 14.0. The normalized spacial score (nSPS) is 18.5. The summed E-state index contributed by atoms with van der Waals surface area (Å²) >= 11 is 1.81. The number of carbonyl (C=O) groups is 1. The number of aryl methyl sites for hydroxylation is 2. The molecule has 5 rings (SSSR count). The number of hydrogen-bond donors (Lipinski definition) is 2. The molecule has 2 aliphatic rings. The highest BCUT2D eigenvalue weighted by Crippen LogP contribution is 2.37. The third-order valence-electron chi connectivity index (χ3n) is 7.82. The highest BCUT2D eigenvalue weighted by atomic mass is 32.1. The number of hydrogen-bond acceptors (Lipinski definition) is 7. The van der Waals surface area contributed by atoms with Gasteiger partial charge >= 0.3 is 0 Å². The van der Waals surface area contributed by atoms with Gasteiger partial charge in [0.15, 0.2) is 0 Å². The van der Waals surface area contributed by atoms with Gasteiger partial charge in [-0.25, -0.2) is 4.98 Å². The molecule has 0 spiro atoms. The Labute approximate surface area is 229 Å². The molecule has 1 atom stereocenters. The van der Waals surface area contributed by atoms with E-state index in [-0.39, 0.29) is 12.5 Å². The number of β-amino-alcohol motifs (C(OH)–C–C–N with tert-alkyl or cyclic N) is 1. The molecule has 1 aliphatic heterocycles. The van der Waals surface area contributed by atoms with E-state index in [2.05, 4.69) is 21.2 Å². The Hall–Kier alpha value is -2.52. The lowest BCUT2D eigenvalue weighted by atomic mass is 9.90. The Balaban J connectivity index is 1.04. The second-order valence-electron chi connectivity index (χ2n) is 10.9. The summed E-state index contributed by atoms with van der Waals surface area (Å²) in [5.74, 6) is 1.39. The zero-order chi connectivity index (χ0) is 26.5. The third kappa shape index (κ3) is 6.91. The second-order valence-corrected chi connectivity index (χ2v) is 11.9. The minimum Gasteiger partial charge on any atom is -0.491 e. The number of aromatic nitrogens is 1. The molecule has 2 heterocycles. The number of aliphatic hydroxyl groups is 1. The van der Waals surface area contributed by atoms with Gasteiger partial charge in [-0.1, -0.05) is 37.5 Å². The number of carbonyl (C=O) groups excluding carboxylic acids is 1. The molecule has 38 heavy (non-hydrogen) atoms. The fourth-order valence-corrected chi connectivity index (χ4v) is 6.72. The van der Waals surface area contributed by atoms with Crippen LogP contribution in [-0.4, -0.2) is 77.8 Å². The minimum atomic E-state index is -0.571. The van der Waals surface area contributed by atoms with Crippen LogP contribution >= 0.6 is 11.3 Å². The maximum absolute atomic E-state index is 12.6. The number of thiazole rings is 1. The van der Waals surface area contributed by atoms with E-state index >= 15 is 0 Å². The van der Waals surface area contributed by atoms with Crippen molar-refractivity contribution in [1.29, 1.82) is 0 Å². The van der Waals surface area contributed by atoms with Crippen molar-refractivity contribution in [2.45, 2.75) is 58.0 Å². The molecule has 7 nitrogen and oxygen atoms in total. The quantitative estimate of drug-likeness (QED) is 0.403. The molecule has 1 aromatic heterocycles. The predicted molar refractivity (Wildman–Crippen MR) is 154 cm³/mol. The number of piperazine rings is 1. The van der Waals surface area contributed by atoms with E-state index in [1.165, 1.54) is 41.8 Å². The molecule has 0 bridgehead atoms. The molecule has 0 radical (unpaired) electrons. The first-order chi connectivity index (χ1) is 18.4. The highest BCUT2D eigenvalue weighted by molar-refractivity contribution is 7.18. The highest BCUT2D eigenvalue weighted by Gasteiger charge is 2.22. The molecule has 0 unspecified atom stereocenters. The number of ether oxygens (including phenoxy) is 1. The summed E-state index contributed by atoms with van der Waals surface area (Å²) in [6.45, 7) is 8.48. The SMILES string of the molecule is Cc1cccc(C)c1NC(=O)CN1CCN(C[C@H](O)COc2ccc3sc(C4CCCCC4)nc3c2)CC1. The molecule has 1 saturated carbocycles. The van der Waals surface area contributed by atoms with E-state index in [9.17, 15) is 9.90 Å². The summed E-state index contributed by atoms with van der Waals surface area (Å²) in [6, 6.07) is 12.1. The Morgan fingerprint density at radius 2 is 1.79 bits per heavy atom. The first-order valence-corrected chi connectivity index (χ1v) is 14.8. The monoisotopic (exact) mass is 536 g/mol. The number of anilines is 1. The number of amides is 1. The van der Waals surface area contributed by atoms with Crippen LogP contribution in [-0.2, 0) is 4.79 Å². The number of nitrogens with one attached hydrogen (secondary N) is 1. The van der Waals surface area contributed by atoms with Crippen molar-refractivity contribution in [2.24, 2.45) is 0 Å². The first kappa shape index (κ1) is 27.1. The van der Waals surface area contributed by atoms with Gasteiger partial charge in [0.05, 0.1) is 21.8 Å². The van der Waals surface area contributed by atoms with Crippen LogP contribution in [0, 0.1) is 13.8 Å². The summed E-state index contributed by atoms with van der Waals surface area (Å²) in [4.78, 5) is 21.9. The molecule has 2 N–H and O–H groups in total. The number of fused-ring (bicyclic) bond motifs is 1. The fraction of sp³-hybridized carbons (Fsp3) is 0.533. The average molecular weight is 537 g/mol. The van der Waals surface area contributed by atoms with Crippen molar-refractivity contribution in [2.75, 3.05) is 51.2 Å². The van der Waals surface area contributed by atoms with Gasteiger partial charge in [0.2, 0.25) is 5.91 Å². The van der Waals surface area contributed by atoms with Crippen LogP contribution in [0.25, 0.3) is 10.2 Å². The summed E-state index contributed by atoms with van der Waals surface area (Å²) in [5, 5.41) is 15.0. The zero-order valence-electron chi connectivity index (χ0n) is 22.6. The molecule has 1 aliphatic carbocycles. The number of aliphatic hydroxyl groups excluding tert-OH is 1. The molecular formula is C30H40N4O3S. The fourth-order valence-electron chi connectivity index (χ4n) is 5.61. The Kier molecular flexibility index (Phi) is 8.94. The average Bonchev–Trinajstić information content (AvgIpc) is 3.35. The number of nitrogens with zero attached hydrogens (tertiary/aromatic N) is 3. The molecule has 1 amide bonds. The van der Waals surface area contributed by atoms with Crippen molar-refractivity contribution in [3.63, 3.8) is 0 Å². The van der Waals surface area contributed by atoms with Crippen LogP contribution in [0.15, 0.2) is 36.4 Å². The van der Waals surface area contributed by atoms with Gasteiger partial charge in [0.1, 0.15) is 18.5 Å². The van der Waals surface area contributed by atoms with Crippen molar-refractivity contribution in [3.8, 4) is 5.75 Å². The smallest absolute Gasteiger partial charge is 0.238 e. The third-order valence-corrected chi connectivity index (χ3v) is 9.02. The van der Waals surface area contributed by atoms with Gasteiger partial charge in [-0.3, -0.25) is 14.6 Å². The van der Waals surface area contributed by atoms with Crippen molar-refractivity contribution in [1.82, 2.24) is 14.8 Å². The molecule has 8 heteroatoms. The molecule has 2 fully saturated rings. The van der Waals surface area contributed by atoms with Gasteiger partial charge in [0.25, 0.3) is 0 Å². The van der Waals surface area contributed by atoms with Crippen molar-refractivity contribution >= 4 is 33.1 Å². The molecule has 3 aromatic rings. The van der Waals surface area contributed by atoms with Crippen LogP contribution in [0.3, 0.4) is 0 Å². The van der Waals surface area contributed by atoms with Crippen LogP contribution in [0.1, 0.15) is 54.2 Å². The predicted octanol–water partition coefficient (Wildman–Crippen LogP) is 4.96. The van der Waals surface area contributed by atoms with Crippen molar-refractivity contribution in [3.05, 3.63) is 52.5 Å². The van der Waals surface area contributed by atoms with Gasteiger partial charge in [-0.15, -0.1) is 11.3 Å². The maximum atomic E-state index is 12.6. The van der Waals surface area contributed by atoms with E-state index in [1.54, 1.807) is 0 Å². The van der Waals surface area contributed by atoms with Crippen LogP contribution in [0.4, 0.5) is 5.69 Å². The standard InChI is InChI=1S/C30H40N4O3S/c1-21-7-6-8-22(2)29(21)32-28(36)19-34-15-13-33(14-16-34)18-24(35)20-37-25-11-12-27-26(17-25)31-30(38-27)23-9-4-3-5-10-23/h6-8,11-12,17,23-24,35H,3-5,9-10,13-16,18-20H2,1-2H3,(H,32,36)/t24-/m0/s1. The largest absolute Gasteiger partial charge is 0.491 e. The second kappa shape index (κ2) is 12.6. The Bertz CT molecular complexity index is 1210. The van der Waals surface area contributed by atoms with E-state index in [0.717, 1.165) is 54.3 Å².